The zero-order valence-corrected chi connectivity index (χ0v) is 18.7. The molecule has 3 N–H and O–H groups in total. The highest BCUT2D eigenvalue weighted by Gasteiger charge is 2.39. The first-order valence-electron chi connectivity index (χ1n) is 10.5. The smallest absolute Gasteiger partial charge is 0.332 e. The summed E-state index contributed by atoms with van der Waals surface area (Å²) in [7, 11) is 2.89. The van der Waals surface area contributed by atoms with Gasteiger partial charge in [0.15, 0.2) is 5.52 Å². The number of aliphatic hydroxyl groups is 2. The molecular formula is C20H27N7O6. The average Bonchev–Trinajstić information content (AvgIpc) is 3.44. The summed E-state index contributed by atoms with van der Waals surface area (Å²) in [6.45, 7) is 3.85. The summed E-state index contributed by atoms with van der Waals surface area (Å²) in [5.74, 6) is -0.487. The molecule has 0 saturated carbocycles. The van der Waals surface area contributed by atoms with E-state index >= 15 is 0 Å². The zero-order valence-electron chi connectivity index (χ0n) is 18.7. The summed E-state index contributed by atoms with van der Waals surface area (Å²) >= 11 is 0. The van der Waals surface area contributed by atoms with Crippen LogP contribution in [-0.2, 0) is 25.4 Å². The van der Waals surface area contributed by atoms with Crippen molar-refractivity contribution in [3.63, 3.8) is 0 Å². The Balaban J connectivity index is 1.48. The van der Waals surface area contributed by atoms with Crippen molar-refractivity contribution in [2.75, 3.05) is 6.61 Å². The lowest BCUT2D eigenvalue weighted by Gasteiger charge is -2.38. The Labute approximate surface area is 187 Å². The van der Waals surface area contributed by atoms with Crippen LogP contribution in [0.15, 0.2) is 28.2 Å². The number of fused-ring (bicyclic) bond motifs is 1. The lowest BCUT2D eigenvalue weighted by atomic mass is 9.97. The number of aliphatic hydroxyl groups excluding tert-OH is 2. The van der Waals surface area contributed by atoms with Gasteiger partial charge in [-0.2, -0.15) is 5.10 Å². The van der Waals surface area contributed by atoms with Gasteiger partial charge < -0.3 is 24.8 Å². The first kappa shape index (κ1) is 22.9. The Bertz CT molecular complexity index is 1300. The lowest BCUT2D eigenvalue weighted by molar-refractivity contribution is -0.152. The van der Waals surface area contributed by atoms with Crippen LogP contribution in [0, 0.1) is 0 Å². The molecular weight excluding hydrogens is 434 g/mol. The molecule has 13 heteroatoms. The monoisotopic (exact) mass is 461 g/mol. The molecule has 33 heavy (non-hydrogen) atoms. The molecule has 0 bridgehead atoms. The summed E-state index contributed by atoms with van der Waals surface area (Å²) in [4.78, 5) is 41.2. The number of hydrogen-bond acceptors (Lipinski definition) is 8. The van der Waals surface area contributed by atoms with Crippen molar-refractivity contribution < 1.29 is 19.7 Å². The van der Waals surface area contributed by atoms with Crippen LogP contribution in [0.25, 0.3) is 11.2 Å². The van der Waals surface area contributed by atoms with Crippen LogP contribution in [0.3, 0.4) is 0 Å². The van der Waals surface area contributed by atoms with E-state index in [4.69, 9.17) is 4.74 Å². The SMILES string of the molecule is CC(C)n1ccc(C(=O)N[C@@H]2CO[C@H](Cn3cnc4c(=O)n(C)c(=O)n(C)c43)[C@@H](O)[C@H]2O)n1. The van der Waals surface area contributed by atoms with E-state index in [1.165, 1.54) is 29.6 Å². The van der Waals surface area contributed by atoms with Gasteiger partial charge in [0, 0.05) is 26.3 Å². The van der Waals surface area contributed by atoms with Crippen LogP contribution in [-0.4, -0.2) is 75.5 Å². The maximum atomic E-state index is 12.5. The Morgan fingerprint density at radius 2 is 1.97 bits per heavy atom. The maximum Gasteiger partial charge on any atom is 0.332 e. The molecule has 0 unspecified atom stereocenters. The third-order valence-electron chi connectivity index (χ3n) is 5.90. The molecule has 1 saturated heterocycles. The molecule has 1 fully saturated rings. The minimum absolute atomic E-state index is 0.0363. The van der Waals surface area contributed by atoms with Crippen molar-refractivity contribution in [2.24, 2.45) is 14.1 Å². The number of imidazole rings is 1. The van der Waals surface area contributed by atoms with E-state index in [0.717, 1.165) is 4.57 Å². The number of aromatic nitrogens is 6. The van der Waals surface area contributed by atoms with Gasteiger partial charge in [-0.15, -0.1) is 0 Å². The van der Waals surface area contributed by atoms with Gasteiger partial charge in [-0.05, 0) is 19.9 Å². The number of rotatable bonds is 5. The van der Waals surface area contributed by atoms with E-state index in [0.29, 0.717) is 0 Å². The highest BCUT2D eigenvalue weighted by molar-refractivity contribution is 5.92. The molecule has 1 aliphatic heterocycles. The summed E-state index contributed by atoms with van der Waals surface area (Å²) in [5.41, 5.74) is -0.456. The normalized spacial score (nSPS) is 23.4. The Morgan fingerprint density at radius 3 is 2.64 bits per heavy atom. The van der Waals surface area contributed by atoms with Gasteiger partial charge in [-0.25, -0.2) is 9.78 Å². The van der Waals surface area contributed by atoms with Crippen molar-refractivity contribution in [3.8, 4) is 0 Å². The maximum absolute atomic E-state index is 12.5. The van der Waals surface area contributed by atoms with E-state index < -0.39 is 41.5 Å². The number of hydrogen-bond donors (Lipinski definition) is 3. The van der Waals surface area contributed by atoms with Gasteiger partial charge in [-0.1, -0.05) is 0 Å². The molecule has 4 rings (SSSR count). The molecule has 0 aliphatic carbocycles. The predicted octanol–water partition coefficient (Wildman–Crippen LogP) is -1.87. The number of carbonyl (C=O) groups is 1. The molecule has 0 radical (unpaired) electrons. The summed E-state index contributed by atoms with van der Waals surface area (Å²) < 4.78 is 11.1. The summed E-state index contributed by atoms with van der Waals surface area (Å²) in [5, 5.41) is 28.1. The van der Waals surface area contributed by atoms with Crippen LogP contribution in [0.5, 0.6) is 0 Å². The van der Waals surface area contributed by atoms with Gasteiger partial charge in [0.05, 0.1) is 25.5 Å². The second-order valence-electron chi connectivity index (χ2n) is 8.48. The fraction of sp³-hybridized carbons (Fsp3) is 0.550. The fourth-order valence-electron chi connectivity index (χ4n) is 3.93. The molecule has 4 heterocycles. The topological polar surface area (TPSA) is 158 Å². The molecule has 1 aliphatic rings. The van der Waals surface area contributed by atoms with E-state index in [-0.39, 0.29) is 36.1 Å². The number of nitrogens with zero attached hydrogens (tertiary/aromatic N) is 6. The minimum atomic E-state index is -1.33. The van der Waals surface area contributed by atoms with Crippen molar-refractivity contribution >= 4 is 17.1 Å². The minimum Gasteiger partial charge on any atom is -0.388 e. The Hall–Kier alpha value is -3.29. The highest BCUT2D eigenvalue weighted by Crippen LogP contribution is 2.19. The molecule has 13 nitrogen and oxygen atoms in total. The number of nitrogens with one attached hydrogen (secondary N) is 1. The van der Waals surface area contributed by atoms with E-state index in [2.05, 4.69) is 15.4 Å². The lowest BCUT2D eigenvalue weighted by Crippen LogP contribution is -2.60. The van der Waals surface area contributed by atoms with Crippen LogP contribution in [0.4, 0.5) is 0 Å². The second-order valence-corrected chi connectivity index (χ2v) is 8.48. The van der Waals surface area contributed by atoms with Gasteiger partial charge >= 0.3 is 5.69 Å². The molecule has 0 aromatic carbocycles. The van der Waals surface area contributed by atoms with Gasteiger partial charge in [0.2, 0.25) is 0 Å². The zero-order chi connectivity index (χ0) is 24.0. The Kier molecular flexibility index (Phi) is 5.95. The molecule has 0 spiro atoms. The molecule has 178 valence electrons. The van der Waals surface area contributed by atoms with E-state index in [9.17, 15) is 24.6 Å². The summed E-state index contributed by atoms with van der Waals surface area (Å²) in [6, 6.07) is 0.824. The van der Waals surface area contributed by atoms with E-state index in [1.54, 1.807) is 16.9 Å². The largest absolute Gasteiger partial charge is 0.388 e. The highest BCUT2D eigenvalue weighted by atomic mass is 16.5. The molecule has 1 amide bonds. The second kappa shape index (κ2) is 8.57. The van der Waals surface area contributed by atoms with Crippen LogP contribution in [0.1, 0.15) is 30.4 Å². The predicted molar refractivity (Wildman–Crippen MR) is 116 cm³/mol. The first-order valence-corrected chi connectivity index (χ1v) is 10.5. The summed E-state index contributed by atoms with van der Waals surface area (Å²) in [6.07, 6.45) is -0.421. The average molecular weight is 461 g/mol. The number of amides is 1. The number of aryl methyl sites for hydroxylation is 1. The van der Waals surface area contributed by atoms with Gasteiger partial charge in [0.25, 0.3) is 11.5 Å². The Morgan fingerprint density at radius 1 is 1.24 bits per heavy atom. The standard InChI is InChI=1S/C20H27N7O6/c1-10(2)27-6-5-11(23-27)17(30)22-12-8-33-13(16(29)15(12)28)7-26-9-21-14-18(26)24(3)20(32)25(4)19(14)31/h5-6,9-10,12-13,15-16,28-29H,7-8H2,1-4H3,(H,22,30)/t12-,13-,15+,16-/m1/s1. The molecule has 3 aromatic heterocycles. The van der Waals surface area contributed by atoms with Crippen LogP contribution in [0.2, 0.25) is 0 Å². The molecule has 3 aromatic rings. The number of carbonyl (C=O) groups excluding carboxylic acids is 1. The number of ether oxygens (including phenoxy) is 1. The fourth-order valence-corrected chi connectivity index (χ4v) is 3.93. The first-order chi connectivity index (χ1) is 15.6. The quantitative estimate of drug-likeness (QED) is 0.399. The third kappa shape index (κ3) is 3.98. The third-order valence-corrected chi connectivity index (χ3v) is 5.90. The van der Waals surface area contributed by atoms with Crippen molar-refractivity contribution in [1.29, 1.82) is 0 Å². The van der Waals surface area contributed by atoms with E-state index in [1.807, 2.05) is 13.8 Å². The van der Waals surface area contributed by atoms with Crippen molar-refractivity contribution in [1.82, 2.24) is 33.8 Å². The van der Waals surface area contributed by atoms with Crippen LogP contribution >= 0.6 is 0 Å². The van der Waals surface area contributed by atoms with Crippen LogP contribution < -0.4 is 16.6 Å². The van der Waals surface area contributed by atoms with Crippen molar-refractivity contribution in [2.45, 2.75) is 50.8 Å². The molecule has 4 atom stereocenters. The van der Waals surface area contributed by atoms with Gasteiger partial charge in [0.1, 0.15) is 29.7 Å². The van der Waals surface area contributed by atoms with Crippen molar-refractivity contribution in [3.05, 3.63) is 45.1 Å². The van der Waals surface area contributed by atoms with Gasteiger partial charge in [-0.3, -0.25) is 23.4 Å².